The number of nitriles is 1. The number of aliphatic imine (C=N–C) groups is 1. The van der Waals surface area contributed by atoms with E-state index in [-0.39, 0.29) is 36.0 Å². The van der Waals surface area contributed by atoms with E-state index in [1.165, 1.54) is 32.2 Å². The SMILES string of the molecule is CCOC(=O)C(C(C)O)N(C)c1c(F)c(Oc2cccc(C3=NCCN3C)c2)nc(Oc2cc(C#N)ccc2OCc2ccccc2)c1F. The third kappa shape index (κ3) is 7.88. The molecule has 1 aromatic heterocycles. The van der Waals surface area contributed by atoms with Gasteiger partial charge in [0.2, 0.25) is 11.6 Å². The molecule has 0 fully saturated rings. The Morgan fingerprint density at radius 3 is 2.43 bits per heavy atom. The minimum atomic E-state index is -1.52. The molecular formula is C36H35F2N5O6. The van der Waals surface area contributed by atoms with Crippen LogP contribution in [0.5, 0.6) is 29.0 Å². The fourth-order valence-corrected chi connectivity index (χ4v) is 5.25. The highest BCUT2D eigenvalue weighted by molar-refractivity contribution is 5.99. The van der Waals surface area contributed by atoms with Crippen LogP contribution in [0.3, 0.4) is 0 Å². The van der Waals surface area contributed by atoms with E-state index in [0.29, 0.717) is 12.1 Å². The normalized spacial score (nSPS) is 13.6. The zero-order valence-electron chi connectivity index (χ0n) is 27.4. The van der Waals surface area contributed by atoms with E-state index in [4.69, 9.17) is 18.9 Å². The number of likely N-dealkylation sites (N-methyl/N-ethyl adjacent to an activating group) is 2. The van der Waals surface area contributed by atoms with Gasteiger partial charge in [-0.15, -0.1) is 0 Å². The highest BCUT2D eigenvalue weighted by atomic mass is 19.1. The highest BCUT2D eigenvalue weighted by Crippen LogP contribution is 2.41. The van der Waals surface area contributed by atoms with Crippen molar-refractivity contribution in [3.05, 3.63) is 101 Å². The number of hydrogen-bond donors (Lipinski definition) is 1. The topological polar surface area (TPSA) is 130 Å². The van der Waals surface area contributed by atoms with Crippen molar-refractivity contribution < 1.29 is 37.6 Å². The van der Waals surface area contributed by atoms with Gasteiger partial charge in [-0.25, -0.2) is 4.79 Å². The van der Waals surface area contributed by atoms with E-state index in [1.54, 1.807) is 25.1 Å². The molecule has 0 saturated carbocycles. The van der Waals surface area contributed by atoms with Crippen LogP contribution in [-0.4, -0.2) is 72.7 Å². The highest BCUT2D eigenvalue weighted by Gasteiger charge is 2.36. The van der Waals surface area contributed by atoms with E-state index < -0.39 is 47.2 Å². The van der Waals surface area contributed by atoms with Crippen LogP contribution in [0.15, 0.2) is 77.8 Å². The fourth-order valence-electron chi connectivity index (χ4n) is 5.25. The third-order valence-electron chi connectivity index (χ3n) is 7.63. The lowest BCUT2D eigenvalue weighted by Crippen LogP contribution is -2.47. The Hall–Kier alpha value is -5.74. The molecule has 0 saturated heterocycles. The summed E-state index contributed by atoms with van der Waals surface area (Å²) in [6.07, 6.45) is -1.41. The number of anilines is 1. The molecule has 0 radical (unpaired) electrons. The van der Waals surface area contributed by atoms with E-state index >= 15 is 8.78 Å². The first-order valence-electron chi connectivity index (χ1n) is 15.5. The molecule has 49 heavy (non-hydrogen) atoms. The number of aromatic nitrogens is 1. The summed E-state index contributed by atoms with van der Waals surface area (Å²) in [6, 6.07) is 20.8. The van der Waals surface area contributed by atoms with Crippen molar-refractivity contribution in [2.75, 3.05) is 38.7 Å². The van der Waals surface area contributed by atoms with Crippen LogP contribution in [0, 0.1) is 23.0 Å². The predicted octanol–water partition coefficient (Wildman–Crippen LogP) is 5.84. The van der Waals surface area contributed by atoms with Gasteiger partial charge in [0, 0.05) is 32.3 Å². The standard InChI is InChI=1S/C36H35F2N5O6/c1-5-46-36(45)31(22(2)44)43(4)32-29(37)34(48-26-13-9-12-25(19-26)33-40-16-17-42(33)3)41-35(30(32)38)49-28-18-24(20-39)14-15-27(28)47-21-23-10-7-6-8-11-23/h6-15,18-19,22,31,44H,5,16-17,21H2,1-4H3. The maximum absolute atomic E-state index is 16.5. The molecule has 1 aliphatic rings. The Labute approximate surface area is 282 Å². The van der Waals surface area contributed by atoms with Gasteiger partial charge in [-0.1, -0.05) is 42.5 Å². The average Bonchev–Trinajstić information content (AvgIpc) is 3.52. The Kier molecular flexibility index (Phi) is 10.9. The van der Waals surface area contributed by atoms with Gasteiger partial charge in [-0.05, 0) is 43.7 Å². The molecule has 2 unspecified atom stereocenters. The molecule has 0 bridgehead atoms. The number of benzene rings is 3. The number of carbonyl (C=O) groups is 1. The second kappa shape index (κ2) is 15.4. The zero-order chi connectivity index (χ0) is 35.1. The Morgan fingerprint density at radius 2 is 1.78 bits per heavy atom. The number of nitrogens with zero attached hydrogens (tertiary/aromatic N) is 5. The average molecular weight is 672 g/mol. The van der Waals surface area contributed by atoms with Gasteiger partial charge in [0.15, 0.2) is 17.5 Å². The molecule has 4 aromatic rings. The number of pyridine rings is 1. The minimum absolute atomic E-state index is 0.0300. The van der Waals surface area contributed by atoms with Crippen LogP contribution in [-0.2, 0) is 16.1 Å². The molecule has 0 spiro atoms. The van der Waals surface area contributed by atoms with Gasteiger partial charge in [-0.3, -0.25) is 4.99 Å². The van der Waals surface area contributed by atoms with Crippen LogP contribution in [0.4, 0.5) is 14.5 Å². The summed E-state index contributed by atoms with van der Waals surface area (Å²) in [7, 11) is 3.12. The second-order valence-corrected chi connectivity index (χ2v) is 11.2. The van der Waals surface area contributed by atoms with Crippen molar-refractivity contribution in [2.45, 2.75) is 32.6 Å². The number of esters is 1. The largest absolute Gasteiger partial charge is 0.485 e. The van der Waals surface area contributed by atoms with Crippen molar-refractivity contribution in [3.8, 4) is 35.1 Å². The number of aliphatic hydroxyl groups is 1. The summed E-state index contributed by atoms with van der Waals surface area (Å²) >= 11 is 0. The van der Waals surface area contributed by atoms with E-state index in [2.05, 4.69) is 9.98 Å². The quantitative estimate of drug-likeness (QED) is 0.173. The predicted molar refractivity (Wildman–Crippen MR) is 177 cm³/mol. The van der Waals surface area contributed by atoms with Gasteiger partial charge >= 0.3 is 5.97 Å². The summed E-state index contributed by atoms with van der Waals surface area (Å²) < 4.78 is 55.7. The van der Waals surface area contributed by atoms with Crippen LogP contribution >= 0.6 is 0 Å². The van der Waals surface area contributed by atoms with E-state index in [0.717, 1.165) is 22.8 Å². The summed E-state index contributed by atoms with van der Waals surface area (Å²) in [5.74, 6) is -3.99. The summed E-state index contributed by atoms with van der Waals surface area (Å²) in [5, 5.41) is 20.1. The van der Waals surface area contributed by atoms with Gasteiger partial charge in [0.1, 0.15) is 23.9 Å². The smallest absolute Gasteiger partial charge is 0.331 e. The number of halogens is 2. The summed E-state index contributed by atoms with van der Waals surface area (Å²) in [4.78, 5) is 24.3. The van der Waals surface area contributed by atoms with Gasteiger partial charge in [0.25, 0.3) is 11.8 Å². The molecule has 13 heteroatoms. The first-order valence-corrected chi connectivity index (χ1v) is 15.5. The number of aliphatic hydroxyl groups excluding tert-OH is 1. The van der Waals surface area contributed by atoms with Gasteiger partial charge in [-0.2, -0.15) is 19.0 Å². The maximum Gasteiger partial charge on any atom is 0.331 e. The molecule has 254 valence electrons. The Balaban J connectivity index is 1.60. The maximum atomic E-state index is 16.5. The first kappa shape index (κ1) is 34.6. The Bertz CT molecular complexity index is 1880. The lowest BCUT2D eigenvalue weighted by atomic mass is 10.1. The molecule has 0 amide bonds. The van der Waals surface area contributed by atoms with Crippen LogP contribution in [0.2, 0.25) is 0 Å². The molecule has 0 aliphatic carbocycles. The molecular weight excluding hydrogens is 636 g/mol. The van der Waals surface area contributed by atoms with Crippen molar-refractivity contribution in [3.63, 3.8) is 0 Å². The van der Waals surface area contributed by atoms with Gasteiger partial charge in [0.05, 0.1) is 30.9 Å². The molecule has 1 N–H and O–H groups in total. The minimum Gasteiger partial charge on any atom is -0.485 e. The van der Waals surface area contributed by atoms with E-state index in [9.17, 15) is 15.2 Å². The van der Waals surface area contributed by atoms with Crippen LogP contribution in [0.25, 0.3) is 0 Å². The molecule has 2 heterocycles. The number of ether oxygens (including phenoxy) is 4. The number of amidine groups is 1. The van der Waals surface area contributed by atoms with Crippen molar-refractivity contribution in [2.24, 2.45) is 4.99 Å². The lowest BCUT2D eigenvalue weighted by Gasteiger charge is -2.31. The number of hydrogen-bond acceptors (Lipinski definition) is 11. The lowest BCUT2D eigenvalue weighted by molar-refractivity contribution is -0.147. The summed E-state index contributed by atoms with van der Waals surface area (Å²) in [5.41, 5.74) is 0.937. The molecule has 2 atom stereocenters. The van der Waals surface area contributed by atoms with Crippen molar-refractivity contribution >= 4 is 17.5 Å². The van der Waals surface area contributed by atoms with Gasteiger partial charge < -0.3 is 33.9 Å². The molecule has 3 aromatic carbocycles. The Morgan fingerprint density at radius 1 is 1.04 bits per heavy atom. The first-order chi connectivity index (χ1) is 23.6. The molecule has 11 nitrogen and oxygen atoms in total. The fraction of sp³-hybridized carbons (Fsp3) is 0.278. The summed E-state index contributed by atoms with van der Waals surface area (Å²) in [6.45, 7) is 4.31. The third-order valence-corrected chi connectivity index (χ3v) is 7.63. The number of carbonyl (C=O) groups excluding carboxylic acids is 1. The van der Waals surface area contributed by atoms with Crippen LogP contribution < -0.4 is 19.1 Å². The van der Waals surface area contributed by atoms with E-state index in [1.807, 2.05) is 54.4 Å². The molecule has 5 rings (SSSR count). The zero-order valence-corrected chi connectivity index (χ0v) is 27.4. The second-order valence-electron chi connectivity index (χ2n) is 11.2. The monoisotopic (exact) mass is 671 g/mol. The number of rotatable bonds is 13. The molecule has 1 aliphatic heterocycles. The van der Waals surface area contributed by atoms with Crippen molar-refractivity contribution in [1.29, 1.82) is 5.26 Å². The van der Waals surface area contributed by atoms with Crippen LogP contribution in [0.1, 0.15) is 30.5 Å². The van der Waals surface area contributed by atoms with Crippen molar-refractivity contribution in [1.82, 2.24) is 9.88 Å².